The number of aromatic nitrogens is 2. The van der Waals surface area contributed by atoms with Crippen molar-refractivity contribution in [3.63, 3.8) is 0 Å². The molecule has 1 amide bonds. The third-order valence-electron chi connectivity index (χ3n) is 3.35. The van der Waals surface area contributed by atoms with Crippen LogP contribution in [0, 0.1) is 5.92 Å². The van der Waals surface area contributed by atoms with Crippen LogP contribution >= 0.6 is 11.3 Å². The molecule has 1 aliphatic rings. The quantitative estimate of drug-likeness (QED) is 0.932. The Kier molecular flexibility index (Phi) is 3.59. The number of hydrogen-bond donors (Lipinski definition) is 1. The second-order valence-corrected chi connectivity index (χ2v) is 5.64. The van der Waals surface area contributed by atoms with Crippen LogP contribution in [0.3, 0.4) is 0 Å². The molecule has 100 valence electrons. The van der Waals surface area contributed by atoms with E-state index >= 15 is 0 Å². The summed E-state index contributed by atoms with van der Waals surface area (Å²) in [4.78, 5) is 17.1. The number of nitrogens with zero attached hydrogens (tertiary/aromatic N) is 2. The van der Waals surface area contributed by atoms with Crippen molar-refractivity contribution in [3.05, 3.63) is 23.3 Å². The molecule has 1 aliphatic carbocycles. The highest BCUT2D eigenvalue weighted by atomic mass is 32.1. The van der Waals surface area contributed by atoms with Gasteiger partial charge in [0.05, 0.1) is 11.4 Å². The second kappa shape index (κ2) is 5.52. The standard InChI is InChI=1S/C13H15N3O2S/c17-12(9-4-1-2-5-9)14-8-11-15-13(18-16-11)10-6-3-7-19-10/h3,6-7,9H,1-2,4-5,8H2,(H,14,17). The molecular formula is C13H15N3O2S. The first kappa shape index (κ1) is 12.3. The van der Waals surface area contributed by atoms with Crippen LogP contribution in [-0.4, -0.2) is 16.0 Å². The van der Waals surface area contributed by atoms with E-state index in [1.165, 1.54) is 0 Å². The van der Waals surface area contributed by atoms with Crippen LogP contribution < -0.4 is 5.32 Å². The van der Waals surface area contributed by atoms with Gasteiger partial charge in [0.1, 0.15) is 0 Å². The molecule has 19 heavy (non-hydrogen) atoms. The Labute approximate surface area is 115 Å². The smallest absolute Gasteiger partial charge is 0.268 e. The number of carbonyl (C=O) groups excluding carboxylic acids is 1. The molecule has 2 aromatic heterocycles. The zero-order chi connectivity index (χ0) is 13.1. The minimum Gasteiger partial charge on any atom is -0.348 e. The van der Waals surface area contributed by atoms with Crippen molar-refractivity contribution >= 4 is 17.2 Å². The Morgan fingerprint density at radius 2 is 2.32 bits per heavy atom. The number of thiophene rings is 1. The lowest BCUT2D eigenvalue weighted by Crippen LogP contribution is -2.29. The van der Waals surface area contributed by atoms with Gasteiger partial charge in [0.25, 0.3) is 5.89 Å². The second-order valence-electron chi connectivity index (χ2n) is 4.69. The summed E-state index contributed by atoms with van der Waals surface area (Å²) in [6, 6.07) is 3.87. The van der Waals surface area contributed by atoms with Gasteiger partial charge < -0.3 is 9.84 Å². The monoisotopic (exact) mass is 277 g/mol. The minimum absolute atomic E-state index is 0.111. The molecule has 0 aliphatic heterocycles. The fourth-order valence-electron chi connectivity index (χ4n) is 2.32. The molecule has 0 radical (unpaired) electrons. The first-order valence-electron chi connectivity index (χ1n) is 6.47. The van der Waals surface area contributed by atoms with Crippen molar-refractivity contribution in [2.24, 2.45) is 5.92 Å². The molecule has 0 spiro atoms. The minimum atomic E-state index is 0.111. The van der Waals surface area contributed by atoms with E-state index < -0.39 is 0 Å². The lowest BCUT2D eigenvalue weighted by Gasteiger charge is -2.07. The van der Waals surface area contributed by atoms with Gasteiger partial charge in [0.15, 0.2) is 5.82 Å². The number of hydrogen-bond acceptors (Lipinski definition) is 5. The number of amides is 1. The first-order chi connectivity index (χ1) is 9.33. The van der Waals surface area contributed by atoms with Crippen molar-refractivity contribution in [3.8, 4) is 10.8 Å². The molecule has 1 fully saturated rings. The van der Waals surface area contributed by atoms with Crippen molar-refractivity contribution in [1.82, 2.24) is 15.5 Å². The fraction of sp³-hybridized carbons (Fsp3) is 0.462. The summed E-state index contributed by atoms with van der Waals surface area (Å²) in [5, 5.41) is 8.71. The van der Waals surface area contributed by atoms with E-state index in [0.717, 1.165) is 30.6 Å². The van der Waals surface area contributed by atoms with Gasteiger partial charge in [-0.3, -0.25) is 4.79 Å². The number of nitrogens with one attached hydrogen (secondary N) is 1. The topological polar surface area (TPSA) is 68.0 Å². The van der Waals surface area contributed by atoms with Crippen molar-refractivity contribution in [2.75, 3.05) is 0 Å². The maximum Gasteiger partial charge on any atom is 0.268 e. The van der Waals surface area contributed by atoms with Crippen molar-refractivity contribution < 1.29 is 9.32 Å². The van der Waals surface area contributed by atoms with Gasteiger partial charge in [-0.05, 0) is 24.3 Å². The van der Waals surface area contributed by atoms with E-state index in [1.54, 1.807) is 11.3 Å². The average Bonchev–Trinajstić information content (AvgIpc) is 3.14. The fourth-order valence-corrected chi connectivity index (χ4v) is 2.97. The third kappa shape index (κ3) is 2.84. The van der Waals surface area contributed by atoms with Crippen LogP contribution in [0.4, 0.5) is 0 Å². The Morgan fingerprint density at radius 1 is 1.47 bits per heavy atom. The van der Waals surface area contributed by atoms with Gasteiger partial charge in [0, 0.05) is 5.92 Å². The Hall–Kier alpha value is -1.69. The van der Waals surface area contributed by atoms with Crippen molar-refractivity contribution in [2.45, 2.75) is 32.2 Å². The molecule has 3 rings (SSSR count). The summed E-state index contributed by atoms with van der Waals surface area (Å²) in [7, 11) is 0. The molecule has 1 saturated carbocycles. The van der Waals surface area contributed by atoms with E-state index in [2.05, 4.69) is 15.5 Å². The molecule has 0 unspecified atom stereocenters. The largest absolute Gasteiger partial charge is 0.348 e. The molecule has 6 heteroatoms. The predicted octanol–water partition coefficient (Wildman–Crippen LogP) is 2.60. The summed E-state index contributed by atoms with van der Waals surface area (Å²) in [6.07, 6.45) is 4.31. The molecule has 0 bridgehead atoms. The van der Waals surface area contributed by atoms with E-state index in [4.69, 9.17) is 4.52 Å². The van der Waals surface area contributed by atoms with Gasteiger partial charge in [-0.15, -0.1) is 11.3 Å². The van der Waals surface area contributed by atoms with Crippen LogP contribution in [0.2, 0.25) is 0 Å². The summed E-state index contributed by atoms with van der Waals surface area (Å²) in [6.45, 7) is 0.338. The van der Waals surface area contributed by atoms with Gasteiger partial charge in [-0.2, -0.15) is 4.98 Å². The maximum absolute atomic E-state index is 11.9. The van der Waals surface area contributed by atoms with E-state index in [1.807, 2.05) is 17.5 Å². The SMILES string of the molecule is O=C(NCc1noc(-c2cccs2)n1)C1CCCC1. The molecular weight excluding hydrogens is 262 g/mol. The Balaban J connectivity index is 1.57. The van der Waals surface area contributed by atoms with Crippen LogP contribution in [0.1, 0.15) is 31.5 Å². The zero-order valence-electron chi connectivity index (χ0n) is 10.5. The zero-order valence-corrected chi connectivity index (χ0v) is 11.3. The van der Waals surface area contributed by atoms with Crippen LogP contribution in [0.15, 0.2) is 22.0 Å². The van der Waals surface area contributed by atoms with Crippen LogP contribution in [-0.2, 0) is 11.3 Å². The third-order valence-corrected chi connectivity index (χ3v) is 4.20. The van der Waals surface area contributed by atoms with E-state index in [9.17, 15) is 4.79 Å². The lowest BCUT2D eigenvalue weighted by atomic mass is 10.1. The molecule has 0 saturated heterocycles. The summed E-state index contributed by atoms with van der Waals surface area (Å²) in [5.74, 6) is 1.32. The first-order valence-corrected chi connectivity index (χ1v) is 7.35. The van der Waals surface area contributed by atoms with Gasteiger partial charge in [0.2, 0.25) is 5.91 Å². The van der Waals surface area contributed by atoms with Gasteiger partial charge >= 0.3 is 0 Å². The highest BCUT2D eigenvalue weighted by Crippen LogP contribution is 2.25. The number of rotatable bonds is 4. The molecule has 0 aromatic carbocycles. The van der Waals surface area contributed by atoms with Crippen LogP contribution in [0.5, 0.6) is 0 Å². The Bertz CT molecular complexity index is 544. The molecule has 2 aromatic rings. The van der Waals surface area contributed by atoms with E-state index in [0.29, 0.717) is 18.3 Å². The van der Waals surface area contributed by atoms with Gasteiger partial charge in [-0.25, -0.2) is 0 Å². The highest BCUT2D eigenvalue weighted by molar-refractivity contribution is 7.13. The summed E-state index contributed by atoms with van der Waals surface area (Å²) >= 11 is 1.55. The molecule has 0 atom stereocenters. The van der Waals surface area contributed by atoms with Gasteiger partial charge in [-0.1, -0.05) is 24.1 Å². The van der Waals surface area contributed by atoms with Crippen molar-refractivity contribution in [1.29, 1.82) is 0 Å². The van der Waals surface area contributed by atoms with Crippen LogP contribution in [0.25, 0.3) is 10.8 Å². The predicted molar refractivity (Wildman–Crippen MR) is 71.4 cm³/mol. The molecule has 2 heterocycles. The normalized spacial score (nSPS) is 15.8. The summed E-state index contributed by atoms with van der Waals surface area (Å²) in [5.41, 5.74) is 0. The Morgan fingerprint density at radius 3 is 3.05 bits per heavy atom. The lowest BCUT2D eigenvalue weighted by molar-refractivity contribution is -0.125. The molecule has 1 N–H and O–H groups in total. The number of carbonyl (C=O) groups is 1. The van der Waals surface area contributed by atoms with E-state index in [-0.39, 0.29) is 11.8 Å². The summed E-state index contributed by atoms with van der Waals surface area (Å²) < 4.78 is 5.16. The highest BCUT2D eigenvalue weighted by Gasteiger charge is 2.22. The maximum atomic E-state index is 11.9. The average molecular weight is 277 g/mol. The molecule has 5 nitrogen and oxygen atoms in total.